The van der Waals surface area contributed by atoms with E-state index in [-0.39, 0.29) is 19.8 Å². The van der Waals surface area contributed by atoms with Crippen molar-refractivity contribution in [1.29, 1.82) is 0 Å². The molecule has 2 unspecified atom stereocenters. The topological polar surface area (TPSA) is 220 Å². The van der Waals surface area contributed by atoms with Crippen LogP contribution in [0.15, 0.2) is 42.5 Å². The summed E-state index contributed by atoms with van der Waals surface area (Å²) >= 11 is 0. The Balaban J connectivity index is 1.21. The van der Waals surface area contributed by atoms with E-state index in [1.54, 1.807) is 0 Å². The van der Waals surface area contributed by atoms with E-state index in [4.69, 9.17) is 18.9 Å². The van der Waals surface area contributed by atoms with Crippen molar-refractivity contribution in [2.75, 3.05) is 46.2 Å². The van der Waals surface area contributed by atoms with Gasteiger partial charge in [0.25, 0.3) is 0 Å². The van der Waals surface area contributed by atoms with Crippen molar-refractivity contribution in [2.24, 2.45) is 0 Å². The van der Waals surface area contributed by atoms with Crippen LogP contribution in [0, 0.1) is 0 Å². The maximum atomic E-state index is 12.0. The molecule has 7 atom stereocenters. The van der Waals surface area contributed by atoms with Crippen LogP contribution in [0.4, 0.5) is 0 Å². The molecule has 40 heavy (non-hydrogen) atoms. The summed E-state index contributed by atoms with van der Waals surface area (Å²) in [4.78, 5) is 19.3. The Labute approximate surface area is 230 Å². The minimum absolute atomic E-state index is 0.141. The summed E-state index contributed by atoms with van der Waals surface area (Å²) in [6.07, 6.45) is -8.90. The minimum Gasteiger partial charge on any atom is -0.387 e. The third kappa shape index (κ3) is 10.8. The molecule has 1 heterocycles. The maximum absolute atomic E-state index is 12.0. The molecule has 0 aromatic heterocycles. The van der Waals surface area contributed by atoms with Gasteiger partial charge in [-0.1, -0.05) is 36.4 Å². The monoisotopic (exact) mass is 612 g/mol. The fraction of sp³-hybridized carbons (Fsp3) is 0.565. The van der Waals surface area contributed by atoms with Crippen molar-refractivity contribution < 1.29 is 71.6 Å². The molecule has 2 aromatic carbocycles. The lowest BCUT2D eigenvalue weighted by Crippen LogP contribution is -2.58. The summed E-state index contributed by atoms with van der Waals surface area (Å²) in [6.45, 7) is -0.0448. The predicted molar refractivity (Wildman–Crippen MR) is 137 cm³/mol. The van der Waals surface area contributed by atoms with Crippen LogP contribution in [0.2, 0.25) is 0 Å². The molecule has 1 aliphatic heterocycles. The Kier molecular flexibility index (Phi) is 13.1. The lowest BCUT2D eigenvalue weighted by Gasteiger charge is -2.38. The van der Waals surface area contributed by atoms with Crippen LogP contribution in [-0.2, 0) is 48.0 Å². The summed E-state index contributed by atoms with van der Waals surface area (Å²) in [5.74, 6) is 0. The van der Waals surface area contributed by atoms with Crippen LogP contribution < -0.4 is 0 Å². The van der Waals surface area contributed by atoms with Gasteiger partial charge in [-0.2, -0.15) is 4.31 Å². The zero-order valence-electron chi connectivity index (χ0n) is 21.3. The quantitative estimate of drug-likeness (QED) is 0.105. The SMILES string of the molecule is O=P(O)(OCCOCCOCCOCc1ccc2ccccc2c1)OP(=O)(O)OC[C@H]1O[C@H](O)[C@H](O)[C@@H](O)[C@H]1O. The highest BCUT2D eigenvalue weighted by atomic mass is 31.3. The van der Waals surface area contributed by atoms with Crippen LogP contribution in [-0.4, -0.2) is 107 Å². The standard InChI is InChI=1S/C23H34O15P2/c24-20-19(37-23(27)22(26)21(20)25)15-36-40(30,31)38-39(28,29)35-12-11-33-8-7-32-9-10-34-14-16-5-6-17-3-1-2-4-18(17)13-16/h1-6,13,19-27H,7-12,14-15H2,(H,28,29)(H,30,31)/t19-,20+,21+,22-,23+/m1/s1. The fourth-order valence-corrected chi connectivity index (χ4v) is 5.64. The molecule has 1 fully saturated rings. The number of benzene rings is 2. The number of phosphoric ester groups is 2. The van der Waals surface area contributed by atoms with E-state index in [9.17, 15) is 39.3 Å². The zero-order chi connectivity index (χ0) is 29.2. The number of fused-ring (bicyclic) bond motifs is 1. The molecule has 1 saturated heterocycles. The van der Waals surface area contributed by atoms with Crippen molar-refractivity contribution in [2.45, 2.75) is 37.3 Å². The second kappa shape index (κ2) is 15.8. The van der Waals surface area contributed by atoms with Crippen molar-refractivity contribution >= 4 is 26.4 Å². The third-order valence-corrected chi connectivity index (χ3v) is 8.24. The highest BCUT2D eigenvalue weighted by Gasteiger charge is 2.44. The van der Waals surface area contributed by atoms with Crippen LogP contribution in [0.25, 0.3) is 10.8 Å². The number of hydrogen-bond acceptors (Lipinski definition) is 13. The number of aliphatic hydroxyl groups is 4. The summed E-state index contributed by atoms with van der Waals surface area (Å²) in [5, 5.41) is 40.5. The Morgan fingerprint density at radius 2 is 1.30 bits per heavy atom. The number of ether oxygens (including phenoxy) is 4. The molecule has 0 amide bonds. The maximum Gasteiger partial charge on any atom is 0.481 e. The molecule has 0 bridgehead atoms. The van der Waals surface area contributed by atoms with E-state index in [1.165, 1.54) is 0 Å². The average Bonchev–Trinajstić information content (AvgIpc) is 2.91. The van der Waals surface area contributed by atoms with Crippen LogP contribution in [0.1, 0.15) is 5.56 Å². The van der Waals surface area contributed by atoms with E-state index in [2.05, 4.69) is 19.4 Å². The highest BCUT2D eigenvalue weighted by Crippen LogP contribution is 2.60. The second-order valence-electron chi connectivity index (χ2n) is 8.64. The Bertz CT molecular complexity index is 1150. The summed E-state index contributed by atoms with van der Waals surface area (Å²) < 4.78 is 58.0. The van der Waals surface area contributed by atoms with Gasteiger partial charge in [-0.15, -0.1) is 0 Å². The third-order valence-electron chi connectivity index (χ3n) is 5.60. The molecule has 3 rings (SSSR count). The van der Waals surface area contributed by atoms with Gasteiger partial charge in [0.1, 0.15) is 24.4 Å². The summed E-state index contributed by atoms with van der Waals surface area (Å²) in [5.41, 5.74) is 1.05. The number of rotatable bonds is 17. The molecule has 2 aromatic rings. The molecular formula is C23H34O15P2. The van der Waals surface area contributed by atoms with Gasteiger partial charge in [0.2, 0.25) is 0 Å². The predicted octanol–water partition coefficient (Wildman–Crippen LogP) is 0.440. The first-order valence-corrected chi connectivity index (χ1v) is 15.2. The molecule has 0 aliphatic carbocycles. The lowest BCUT2D eigenvalue weighted by molar-refractivity contribution is -0.285. The van der Waals surface area contributed by atoms with Gasteiger partial charge < -0.3 is 49.2 Å². The van der Waals surface area contributed by atoms with Crippen molar-refractivity contribution in [3.8, 4) is 0 Å². The molecule has 0 spiro atoms. The van der Waals surface area contributed by atoms with E-state index in [0.29, 0.717) is 19.8 Å². The zero-order valence-corrected chi connectivity index (χ0v) is 23.1. The van der Waals surface area contributed by atoms with Gasteiger partial charge >= 0.3 is 15.6 Å². The Hall–Kier alpha value is -1.36. The van der Waals surface area contributed by atoms with Gasteiger partial charge in [-0.3, -0.25) is 9.05 Å². The first-order chi connectivity index (χ1) is 19.0. The van der Waals surface area contributed by atoms with E-state index >= 15 is 0 Å². The van der Waals surface area contributed by atoms with Gasteiger partial charge in [-0.05, 0) is 22.4 Å². The van der Waals surface area contributed by atoms with Gasteiger partial charge in [-0.25, -0.2) is 9.13 Å². The van der Waals surface area contributed by atoms with Crippen molar-refractivity contribution in [1.82, 2.24) is 0 Å². The van der Waals surface area contributed by atoms with E-state index < -0.39 is 59.6 Å². The van der Waals surface area contributed by atoms with Gasteiger partial charge in [0.05, 0.1) is 52.9 Å². The Morgan fingerprint density at radius 3 is 2.00 bits per heavy atom. The van der Waals surface area contributed by atoms with Crippen molar-refractivity contribution in [3.63, 3.8) is 0 Å². The second-order valence-corrected chi connectivity index (χ2v) is 11.7. The largest absolute Gasteiger partial charge is 0.481 e. The molecule has 15 nitrogen and oxygen atoms in total. The number of aliphatic hydroxyl groups excluding tert-OH is 4. The number of hydrogen-bond donors (Lipinski definition) is 6. The molecule has 226 valence electrons. The van der Waals surface area contributed by atoms with Crippen LogP contribution in [0.5, 0.6) is 0 Å². The van der Waals surface area contributed by atoms with Crippen molar-refractivity contribution in [3.05, 3.63) is 48.0 Å². The molecule has 0 radical (unpaired) electrons. The summed E-state index contributed by atoms with van der Waals surface area (Å²) in [6, 6.07) is 14.1. The van der Waals surface area contributed by atoms with Crippen LogP contribution >= 0.6 is 15.6 Å². The van der Waals surface area contributed by atoms with E-state index in [0.717, 1.165) is 16.3 Å². The summed E-state index contributed by atoms with van der Waals surface area (Å²) in [7, 11) is -10.3. The lowest BCUT2D eigenvalue weighted by atomic mass is 10.00. The highest BCUT2D eigenvalue weighted by molar-refractivity contribution is 7.61. The minimum atomic E-state index is -5.20. The first-order valence-electron chi connectivity index (χ1n) is 12.2. The molecule has 1 aliphatic rings. The number of phosphoric acid groups is 2. The molecule has 0 saturated carbocycles. The first kappa shape index (κ1) is 33.1. The fourth-order valence-electron chi connectivity index (χ4n) is 3.58. The van der Waals surface area contributed by atoms with Gasteiger partial charge in [0.15, 0.2) is 6.29 Å². The smallest absolute Gasteiger partial charge is 0.387 e. The van der Waals surface area contributed by atoms with Crippen LogP contribution in [0.3, 0.4) is 0 Å². The molecule has 6 N–H and O–H groups in total. The van der Waals surface area contributed by atoms with Gasteiger partial charge in [0, 0.05) is 0 Å². The Morgan fingerprint density at radius 1 is 0.700 bits per heavy atom. The van der Waals surface area contributed by atoms with E-state index in [1.807, 2.05) is 36.4 Å². The average molecular weight is 612 g/mol. The molecular weight excluding hydrogens is 578 g/mol. The normalized spacial score (nSPS) is 26.4. The molecule has 17 heteroatoms.